The highest BCUT2D eigenvalue weighted by Crippen LogP contribution is 2.31. The minimum atomic E-state index is -4.62. The van der Waals surface area contributed by atoms with Gasteiger partial charge in [-0.15, -0.1) is 0 Å². The van der Waals surface area contributed by atoms with Gasteiger partial charge in [-0.05, 0) is 61.0 Å². The van der Waals surface area contributed by atoms with Crippen molar-refractivity contribution < 1.29 is 31.5 Å². The van der Waals surface area contributed by atoms with Crippen molar-refractivity contribution in [1.29, 1.82) is 0 Å². The Labute approximate surface area is 176 Å². The quantitative estimate of drug-likeness (QED) is 0.488. The van der Waals surface area contributed by atoms with Crippen LogP contribution in [0.2, 0.25) is 0 Å². The number of amides is 1. The second-order valence-electron chi connectivity index (χ2n) is 6.69. The van der Waals surface area contributed by atoms with Gasteiger partial charge < -0.3 is 10.4 Å². The van der Waals surface area contributed by atoms with E-state index in [1.807, 2.05) is 0 Å². The summed E-state index contributed by atoms with van der Waals surface area (Å²) in [6.07, 6.45) is -4.62. The van der Waals surface area contributed by atoms with Gasteiger partial charge in [0.2, 0.25) is 0 Å². The molecule has 31 heavy (non-hydrogen) atoms. The molecule has 0 heterocycles. The van der Waals surface area contributed by atoms with Crippen molar-refractivity contribution in [3.8, 4) is 5.75 Å². The summed E-state index contributed by atoms with van der Waals surface area (Å²) in [5.41, 5.74) is -0.366. The summed E-state index contributed by atoms with van der Waals surface area (Å²) in [4.78, 5) is 12.2. The summed E-state index contributed by atoms with van der Waals surface area (Å²) < 4.78 is 65.9. The molecule has 10 heteroatoms. The molecule has 3 rings (SSSR count). The predicted molar refractivity (Wildman–Crippen MR) is 109 cm³/mol. The molecule has 0 saturated carbocycles. The smallest absolute Gasteiger partial charge is 0.416 e. The number of hydrogen-bond donors (Lipinski definition) is 3. The summed E-state index contributed by atoms with van der Waals surface area (Å²) in [5, 5.41) is 12.4. The zero-order chi connectivity index (χ0) is 22.8. The largest absolute Gasteiger partial charge is 0.506 e. The molecule has 162 valence electrons. The van der Waals surface area contributed by atoms with Gasteiger partial charge in [-0.25, -0.2) is 8.42 Å². The van der Waals surface area contributed by atoms with Crippen molar-refractivity contribution in [2.24, 2.45) is 0 Å². The summed E-state index contributed by atoms with van der Waals surface area (Å²) in [6.45, 7) is 1.76. The zero-order valence-corrected chi connectivity index (χ0v) is 16.9. The lowest BCUT2D eigenvalue weighted by molar-refractivity contribution is -0.137. The van der Waals surface area contributed by atoms with Crippen molar-refractivity contribution in [3.05, 3.63) is 83.4 Å². The number of carbonyl (C=O) groups is 1. The molecule has 0 radical (unpaired) electrons. The van der Waals surface area contributed by atoms with Crippen LogP contribution >= 0.6 is 0 Å². The van der Waals surface area contributed by atoms with E-state index in [-0.39, 0.29) is 27.6 Å². The zero-order valence-electron chi connectivity index (χ0n) is 16.1. The first-order valence-electron chi connectivity index (χ1n) is 8.87. The van der Waals surface area contributed by atoms with Gasteiger partial charge in [0.25, 0.3) is 15.9 Å². The van der Waals surface area contributed by atoms with Gasteiger partial charge >= 0.3 is 6.18 Å². The van der Waals surface area contributed by atoms with Gasteiger partial charge in [-0.1, -0.05) is 18.2 Å². The molecule has 1 amide bonds. The molecular weight excluding hydrogens is 433 g/mol. The molecule has 0 unspecified atom stereocenters. The standard InChI is InChI=1S/C21H17F3N2O4S/c1-13-8-9-18(19(27)10-13)25-20(28)14-4-2-7-17(11-14)31(29,30)26-16-6-3-5-15(12-16)21(22,23)24/h2-12,26-27H,1H3,(H,25,28). The van der Waals surface area contributed by atoms with Gasteiger partial charge in [0, 0.05) is 11.3 Å². The Kier molecular flexibility index (Phi) is 5.94. The second kappa shape index (κ2) is 8.31. The Morgan fingerprint density at radius 2 is 1.68 bits per heavy atom. The van der Waals surface area contributed by atoms with Crippen LogP contribution in [-0.2, 0) is 16.2 Å². The first kappa shape index (κ1) is 22.2. The van der Waals surface area contributed by atoms with Crippen LogP contribution in [0.15, 0.2) is 71.6 Å². The maximum atomic E-state index is 12.9. The summed E-state index contributed by atoms with van der Waals surface area (Å²) >= 11 is 0. The van der Waals surface area contributed by atoms with E-state index in [0.717, 1.165) is 23.8 Å². The average molecular weight is 450 g/mol. The Bertz CT molecular complexity index is 1240. The van der Waals surface area contributed by atoms with Crippen LogP contribution in [-0.4, -0.2) is 19.4 Å². The van der Waals surface area contributed by atoms with E-state index in [9.17, 15) is 31.5 Å². The first-order chi connectivity index (χ1) is 14.5. The Morgan fingerprint density at radius 1 is 0.968 bits per heavy atom. The van der Waals surface area contributed by atoms with Crippen LogP contribution < -0.4 is 10.0 Å². The maximum Gasteiger partial charge on any atom is 0.416 e. The van der Waals surface area contributed by atoms with Crippen LogP contribution in [0.1, 0.15) is 21.5 Å². The SMILES string of the molecule is Cc1ccc(NC(=O)c2cccc(S(=O)(=O)Nc3cccc(C(F)(F)F)c3)c2)c(O)c1. The minimum Gasteiger partial charge on any atom is -0.506 e. The highest BCUT2D eigenvalue weighted by molar-refractivity contribution is 7.92. The number of phenols is 1. The minimum absolute atomic E-state index is 0.0214. The Morgan fingerprint density at radius 3 is 2.35 bits per heavy atom. The third-order valence-corrected chi connectivity index (χ3v) is 5.63. The molecule has 3 N–H and O–H groups in total. The van der Waals surface area contributed by atoms with Crippen molar-refractivity contribution in [1.82, 2.24) is 0 Å². The van der Waals surface area contributed by atoms with Crippen LogP contribution in [0.5, 0.6) is 5.75 Å². The summed E-state index contributed by atoms with van der Waals surface area (Å²) in [5.74, 6) is -0.821. The summed E-state index contributed by atoms with van der Waals surface area (Å²) in [7, 11) is -4.26. The number of benzene rings is 3. The number of anilines is 2. The molecule has 3 aromatic carbocycles. The van der Waals surface area contributed by atoms with Gasteiger partial charge in [-0.2, -0.15) is 13.2 Å². The molecule has 3 aromatic rings. The molecule has 0 bridgehead atoms. The number of phenolic OH excluding ortho intramolecular Hbond substituents is 1. The lowest BCUT2D eigenvalue weighted by Gasteiger charge is -2.12. The van der Waals surface area contributed by atoms with Crippen molar-refractivity contribution in [3.63, 3.8) is 0 Å². The summed E-state index contributed by atoms with van der Waals surface area (Å²) in [6, 6.07) is 13.4. The van der Waals surface area contributed by atoms with Crippen LogP contribution in [0.3, 0.4) is 0 Å². The number of alkyl halides is 3. The molecule has 0 aliphatic carbocycles. The fourth-order valence-corrected chi connectivity index (χ4v) is 3.81. The molecule has 0 aromatic heterocycles. The molecule has 0 fully saturated rings. The van der Waals surface area contributed by atoms with Gasteiger partial charge in [0.15, 0.2) is 0 Å². The molecule has 0 saturated heterocycles. The number of aryl methyl sites for hydroxylation is 1. The van der Waals surface area contributed by atoms with Gasteiger partial charge in [0.1, 0.15) is 5.75 Å². The highest BCUT2D eigenvalue weighted by Gasteiger charge is 2.30. The Hall–Kier alpha value is -3.53. The van der Waals surface area contributed by atoms with Crippen molar-refractivity contribution >= 4 is 27.3 Å². The number of carbonyl (C=O) groups excluding carboxylic acids is 1. The second-order valence-corrected chi connectivity index (χ2v) is 8.37. The maximum absolute atomic E-state index is 12.9. The Balaban J connectivity index is 1.84. The first-order valence-corrected chi connectivity index (χ1v) is 10.4. The average Bonchev–Trinajstić information content (AvgIpc) is 2.69. The lowest BCUT2D eigenvalue weighted by atomic mass is 10.2. The highest BCUT2D eigenvalue weighted by atomic mass is 32.2. The lowest BCUT2D eigenvalue weighted by Crippen LogP contribution is -2.16. The van der Waals surface area contributed by atoms with E-state index >= 15 is 0 Å². The van der Waals surface area contributed by atoms with E-state index in [1.165, 1.54) is 36.4 Å². The molecular formula is C21H17F3N2O4S. The van der Waals surface area contributed by atoms with Crippen LogP contribution in [0.25, 0.3) is 0 Å². The van der Waals surface area contributed by atoms with Crippen molar-refractivity contribution in [2.45, 2.75) is 18.0 Å². The van der Waals surface area contributed by atoms with Crippen LogP contribution in [0, 0.1) is 6.92 Å². The monoisotopic (exact) mass is 450 g/mol. The van der Waals surface area contributed by atoms with Gasteiger partial charge in [0.05, 0.1) is 16.1 Å². The van der Waals surface area contributed by atoms with Crippen LogP contribution in [0.4, 0.5) is 24.5 Å². The molecule has 0 aliphatic heterocycles. The number of halogens is 3. The normalized spacial score (nSPS) is 11.7. The van der Waals surface area contributed by atoms with Gasteiger partial charge in [-0.3, -0.25) is 9.52 Å². The van der Waals surface area contributed by atoms with E-state index in [4.69, 9.17) is 0 Å². The number of hydrogen-bond acceptors (Lipinski definition) is 4. The fourth-order valence-electron chi connectivity index (χ4n) is 2.72. The van der Waals surface area contributed by atoms with E-state index in [1.54, 1.807) is 13.0 Å². The number of aromatic hydroxyl groups is 1. The van der Waals surface area contributed by atoms with E-state index < -0.39 is 27.7 Å². The molecule has 0 spiro atoms. The van der Waals surface area contributed by atoms with E-state index in [0.29, 0.717) is 6.07 Å². The third kappa shape index (κ3) is 5.34. The molecule has 0 atom stereocenters. The fraction of sp³-hybridized carbons (Fsp3) is 0.0952. The topological polar surface area (TPSA) is 95.5 Å². The molecule has 6 nitrogen and oxygen atoms in total. The number of sulfonamides is 1. The predicted octanol–water partition coefficient (Wildman–Crippen LogP) is 4.77. The number of nitrogens with one attached hydrogen (secondary N) is 2. The molecule has 0 aliphatic rings. The van der Waals surface area contributed by atoms with E-state index in [2.05, 4.69) is 10.0 Å². The van der Waals surface area contributed by atoms with Crippen molar-refractivity contribution in [2.75, 3.05) is 10.0 Å². The number of rotatable bonds is 5. The third-order valence-electron chi connectivity index (χ3n) is 4.25.